The Morgan fingerprint density at radius 2 is 2.20 bits per heavy atom. The average Bonchev–Trinajstić information content (AvgIpc) is 1.84. The number of hydrogen-bond acceptors (Lipinski definition) is 2. The van der Waals surface area contributed by atoms with Gasteiger partial charge in [0, 0.05) is 6.92 Å². The minimum absolute atomic E-state index is 0.0806. The topological polar surface area (TPSA) is 55.0 Å². The third kappa shape index (κ3) is 1.35. The van der Waals surface area contributed by atoms with Gasteiger partial charge in [-0.2, -0.15) is 0 Å². The summed E-state index contributed by atoms with van der Waals surface area (Å²) in [5.74, 6) is 0. The van der Waals surface area contributed by atoms with E-state index in [1.165, 1.54) is 6.20 Å². The van der Waals surface area contributed by atoms with Crippen LogP contribution in [0.2, 0.25) is 0 Å². The van der Waals surface area contributed by atoms with Crippen LogP contribution in [0.25, 0.3) is 0 Å². The van der Waals surface area contributed by atoms with Crippen molar-refractivity contribution in [1.82, 2.24) is 0 Å². The van der Waals surface area contributed by atoms with Crippen LogP contribution < -0.4 is 10.1 Å². The van der Waals surface area contributed by atoms with E-state index in [4.69, 9.17) is 0 Å². The Hall–Kier alpha value is -0.420. The van der Waals surface area contributed by atoms with E-state index in [9.17, 15) is 10.4 Å². The largest absolute Gasteiger partial charge is 0.629 e. The highest BCUT2D eigenvalue weighted by molar-refractivity contribution is 4.81. The SMILES string of the molecule is CC1=C[NH+]([O-])C(C)C[NH+]1[O-]. The summed E-state index contributed by atoms with van der Waals surface area (Å²) in [6.07, 6.45) is 1.44. The summed E-state index contributed by atoms with van der Waals surface area (Å²) in [6, 6.07) is -0.101. The zero-order valence-corrected chi connectivity index (χ0v) is 6.18. The summed E-state index contributed by atoms with van der Waals surface area (Å²) < 4.78 is 0. The molecule has 4 nitrogen and oxygen atoms in total. The predicted octanol–water partition coefficient (Wildman–Crippen LogP) is -1.98. The molecule has 0 aromatic rings. The summed E-state index contributed by atoms with van der Waals surface area (Å²) in [4.78, 5) is 0. The lowest BCUT2D eigenvalue weighted by molar-refractivity contribution is -0.913. The molecular weight excluding hydrogens is 132 g/mol. The van der Waals surface area contributed by atoms with Crippen molar-refractivity contribution in [3.8, 4) is 0 Å². The molecule has 2 N–H and O–H groups in total. The van der Waals surface area contributed by atoms with Gasteiger partial charge in [0.25, 0.3) is 0 Å². The fourth-order valence-electron chi connectivity index (χ4n) is 0.976. The van der Waals surface area contributed by atoms with Gasteiger partial charge in [-0.3, -0.25) is 0 Å². The van der Waals surface area contributed by atoms with Gasteiger partial charge in [-0.05, 0) is 6.92 Å². The maximum absolute atomic E-state index is 10.9. The molecule has 1 aliphatic rings. The van der Waals surface area contributed by atoms with Crippen LogP contribution in [-0.2, 0) is 0 Å². The van der Waals surface area contributed by atoms with Crippen LogP contribution in [0, 0.1) is 10.4 Å². The smallest absolute Gasteiger partial charge is 0.158 e. The lowest BCUT2D eigenvalue weighted by Crippen LogP contribution is -3.20. The summed E-state index contributed by atoms with van der Waals surface area (Å²) in [5, 5.41) is 22.0. The highest BCUT2D eigenvalue weighted by Gasteiger charge is 2.19. The maximum Gasteiger partial charge on any atom is 0.158 e. The van der Waals surface area contributed by atoms with E-state index in [0.717, 1.165) is 0 Å². The molecule has 10 heavy (non-hydrogen) atoms. The molecule has 0 saturated carbocycles. The summed E-state index contributed by atoms with van der Waals surface area (Å²) >= 11 is 0. The molecule has 0 aliphatic carbocycles. The van der Waals surface area contributed by atoms with Gasteiger partial charge in [0.1, 0.15) is 12.6 Å². The molecule has 3 atom stereocenters. The maximum atomic E-state index is 10.9. The molecule has 4 heteroatoms. The Labute approximate surface area is 59.9 Å². The first-order valence-electron chi connectivity index (χ1n) is 3.36. The minimum Gasteiger partial charge on any atom is -0.629 e. The van der Waals surface area contributed by atoms with Gasteiger partial charge in [0.05, 0.1) is 0 Å². The number of quaternary nitrogens is 2. The molecule has 0 spiro atoms. The van der Waals surface area contributed by atoms with Crippen molar-refractivity contribution in [3.05, 3.63) is 22.3 Å². The third-order valence-corrected chi connectivity index (χ3v) is 1.78. The fraction of sp³-hybridized carbons (Fsp3) is 0.667. The Morgan fingerprint density at radius 1 is 1.60 bits per heavy atom. The lowest BCUT2D eigenvalue weighted by atomic mass is 10.2. The highest BCUT2D eigenvalue weighted by atomic mass is 16.5. The third-order valence-electron chi connectivity index (χ3n) is 1.78. The van der Waals surface area contributed by atoms with E-state index >= 15 is 0 Å². The van der Waals surface area contributed by atoms with E-state index in [-0.39, 0.29) is 16.2 Å². The second kappa shape index (κ2) is 2.67. The van der Waals surface area contributed by atoms with Crippen LogP contribution in [0.1, 0.15) is 13.8 Å². The monoisotopic (exact) mass is 144 g/mol. The summed E-state index contributed by atoms with van der Waals surface area (Å²) in [7, 11) is 0. The molecule has 3 unspecified atom stereocenters. The van der Waals surface area contributed by atoms with Gasteiger partial charge in [-0.25, -0.2) is 0 Å². The van der Waals surface area contributed by atoms with Crippen molar-refractivity contribution in [2.45, 2.75) is 19.9 Å². The Morgan fingerprint density at radius 3 is 2.70 bits per heavy atom. The molecular formula is C6H12N2O2. The molecule has 0 aromatic heterocycles. The fourth-order valence-corrected chi connectivity index (χ4v) is 0.976. The second-order valence-corrected chi connectivity index (χ2v) is 2.76. The molecule has 0 aromatic carbocycles. The van der Waals surface area contributed by atoms with Gasteiger partial charge in [-0.15, -0.1) is 0 Å². The number of rotatable bonds is 0. The average molecular weight is 144 g/mol. The van der Waals surface area contributed by atoms with Crippen LogP contribution >= 0.6 is 0 Å². The van der Waals surface area contributed by atoms with Gasteiger partial charge in [0.2, 0.25) is 0 Å². The van der Waals surface area contributed by atoms with Gasteiger partial charge in [0.15, 0.2) is 11.9 Å². The Kier molecular flexibility index (Phi) is 2.05. The van der Waals surface area contributed by atoms with Crippen molar-refractivity contribution in [2.75, 3.05) is 6.54 Å². The van der Waals surface area contributed by atoms with Gasteiger partial charge >= 0.3 is 0 Å². The molecule has 0 saturated heterocycles. The minimum atomic E-state index is -0.101. The summed E-state index contributed by atoms with van der Waals surface area (Å²) in [5.41, 5.74) is 0.600. The standard InChI is InChI=1S/C6H12N2O2/c1-5-3-8(10)6(2)4-7(5)9/h3,6-8H,4H2,1-2H3. The molecule has 0 fully saturated rings. The van der Waals surface area contributed by atoms with Crippen LogP contribution in [0.5, 0.6) is 0 Å². The van der Waals surface area contributed by atoms with E-state index in [1.807, 2.05) is 0 Å². The van der Waals surface area contributed by atoms with E-state index in [2.05, 4.69) is 0 Å². The number of nitrogens with one attached hydrogen (secondary N) is 2. The first kappa shape index (κ1) is 7.68. The number of hydroxylamine groups is 4. The van der Waals surface area contributed by atoms with Crippen molar-refractivity contribution in [2.24, 2.45) is 0 Å². The van der Waals surface area contributed by atoms with Crippen molar-refractivity contribution in [3.63, 3.8) is 0 Å². The molecule has 0 bridgehead atoms. The first-order chi connectivity index (χ1) is 4.61. The molecule has 0 radical (unpaired) electrons. The van der Waals surface area contributed by atoms with Gasteiger partial charge < -0.3 is 20.5 Å². The zero-order chi connectivity index (χ0) is 7.72. The van der Waals surface area contributed by atoms with Crippen LogP contribution in [0.3, 0.4) is 0 Å². The lowest BCUT2D eigenvalue weighted by Gasteiger charge is -2.35. The molecule has 0 amide bonds. The second-order valence-electron chi connectivity index (χ2n) is 2.76. The van der Waals surface area contributed by atoms with E-state index < -0.39 is 0 Å². The molecule has 1 heterocycles. The molecule has 1 aliphatic heterocycles. The van der Waals surface area contributed by atoms with Gasteiger partial charge in [-0.1, -0.05) is 0 Å². The Bertz CT molecular complexity index is 158. The van der Waals surface area contributed by atoms with Crippen LogP contribution in [0.4, 0.5) is 0 Å². The van der Waals surface area contributed by atoms with E-state index in [1.54, 1.807) is 13.8 Å². The van der Waals surface area contributed by atoms with E-state index in [0.29, 0.717) is 12.2 Å². The molecule has 58 valence electrons. The first-order valence-corrected chi connectivity index (χ1v) is 3.36. The van der Waals surface area contributed by atoms with Crippen LogP contribution in [-0.4, -0.2) is 12.6 Å². The van der Waals surface area contributed by atoms with Crippen molar-refractivity contribution >= 4 is 0 Å². The number of allylic oxidation sites excluding steroid dienone is 1. The molecule has 1 rings (SSSR count). The van der Waals surface area contributed by atoms with Crippen molar-refractivity contribution < 1.29 is 10.1 Å². The number of hydrogen-bond donors (Lipinski definition) is 2. The highest BCUT2D eigenvalue weighted by Crippen LogP contribution is 1.81. The van der Waals surface area contributed by atoms with Crippen LogP contribution in [0.15, 0.2) is 11.9 Å². The summed E-state index contributed by atoms with van der Waals surface area (Å²) in [6.45, 7) is 3.86. The zero-order valence-electron chi connectivity index (χ0n) is 6.18. The Balaban J connectivity index is 2.69. The quantitative estimate of drug-likeness (QED) is 0.387. The normalized spacial score (nSPS) is 41.2. The predicted molar refractivity (Wildman–Crippen MR) is 36.7 cm³/mol. The van der Waals surface area contributed by atoms with Crippen molar-refractivity contribution in [1.29, 1.82) is 0 Å².